The Morgan fingerprint density at radius 1 is 0.966 bits per heavy atom. The van der Waals surface area contributed by atoms with Crippen LogP contribution in [0.4, 0.5) is 11.5 Å². The first-order valence-electron chi connectivity index (χ1n) is 10.3. The summed E-state index contributed by atoms with van der Waals surface area (Å²) in [6.07, 6.45) is 3.25. The number of benzene rings is 2. The molecule has 4 rings (SSSR count). The van der Waals surface area contributed by atoms with E-state index in [2.05, 4.69) is 89.4 Å². The first-order chi connectivity index (χ1) is 13.7. The fourth-order valence-corrected chi connectivity index (χ4v) is 4.20. The molecular weight excluding hydrogens is 424 g/mol. The molecule has 0 radical (unpaired) electrons. The summed E-state index contributed by atoms with van der Waals surface area (Å²) in [7, 11) is 0. The molecule has 1 aliphatic rings. The van der Waals surface area contributed by atoms with Crippen LogP contribution in [0.25, 0.3) is 10.8 Å². The van der Waals surface area contributed by atoms with Gasteiger partial charge in [0.2, 0.25) is 0 Å². The second-order valence-electron chi connectivity index (χ2n) is 7.69. The van der Waals surface area contributed by atoms with E-state index in [1.54, 1.807) is 0 Å². The third-order valence-electron chi connectivity index (χ3n) is 6.04. The van der Waals surface area contributed by atoms with Crippen molar-refractivity contribution in [3.8, 4) is 0 Å². The van der Waals surface area contributed by atoms with Crippen molar-refractivity contribution < 1.29 is 0 Å². The van der Waals surface area contributed by atoms with E-state index in [-0.39, 0.29) is 17.0 Å². The SMILES string of the molecule is Br.CCC(Nc1nccc2ccccc12)N1CCN(c2cccc(C)c2C)CC1. The number of anilines is 2. The van der Waals surface area contributed by atoms with Gasteiger partial charge in [-0.2, -0.15) is 0 Å². The van der Waals surface area contributed by atoms with Crippen LogP contribution in [-0.4, -0.2) is 42.2 Å². The number of hydrogen-bond acceptors (Lipinski definition) is 4. The van der Waals surface area contributed by atoms with Crippen LogP contribution in [0.15, 0.2) is 54.7 Å². The molecule has 154 valence electrons. The minimum absolute atomic E-state index is 0. The number of piperazine rings is 1. The molecule has 1 N–H and O–H groups in total. The molecule has 1 fully saturated rings. The zero-order valence-electron chi connectivity index (χ0n) is 17.6. The number of fused-ring (bicyclic) bond motifs is 1. The number of aryl methyl sites for hydroxylation is 1. The van der Waals surface area contributed by atoms with Crippen molar-refractivity contribution in [1.82, 2.24) is 9.88 Å². The predicted molar refractivity (Wildman–Crippen MR) is 129 cm³/mol. The molecule has 1 saturated heterocycles. The Hall–Kier alpha value is -2.11. The summed E-state index contributed by atoms with van der Waals surface area (Å²) in [5, 5.41) is 6.14. The first kappa shape index (κ1) is 21.6. The summed E-state index contributed by atoms with van der Waals surface area (Å²) in [5.41, 5.74) is 4.16. The Kier molecular flexibility index (Phi) is 7.14. The molecule has 1 unspecified atom stereocenters. The van der Waals surface area contributed by atoms with E-state index in [0.29, 0.717) is 6.17 Å². The fourth-order valence-electron chi connectivity index (χ4n) is 4.20. The number of aromatic nitrogens is 1. The van der Waals surface area contributed by atoms with Gasteiger partial charge in [0.1, 0.15) is 5.82 Å². The molecule has 0 aliphatic carbocycles. The van der Waals surface area contributed by atoms with E-state index in [0.717, 1.165) is 38.4 Å². The van der Waals surface area contributed by atoms with Gasteiger partial charge in [0, 0.05) is 43.4 Å². The average Bonchev–Trinajstić information content (AvgIpc) is 2.74. The summed E-state index contributed by atoms with van der Waals surface area (Å²) in [6.45, 7) is 10.9. The lowest BCUT2D eigenvalue weighted by molar-refractivity contribution is 0.198. The predicted octanol–water partition coefficient (Wildman–Crippen LogP) is 5.40. The maximum atomic E-state index is 4.63. The molecule has 2 heterocycles. The highest BCUT2D eigenvalue weighted by Crippen LogP contribution is 2.26. The van der Waals surface area contributed by atoms with Crippen molar-refractivity contribution in [1.29, 1.82) is 0 Å². The van der Waals surface area contributed by atoms with Gasteiger partial charge >= 0.3 is 0 Å². The molecule has 0 spiro atoms. The number of halogens is 1. The van der Waals surface area contributed by atoms with Crippen molar-refractivity contribution in [3.63, 3.8) is 0 Å². The Labute approximate surface area is 184 Å². The quantitative estimate of drug-likeness (QED) is 0.558. The van der Waals surface area contributed by atoms with Gasteiger partial charge in [-0.3, -0.25) is 4.90 Å². The van der Waals surface area contributed by atoms with Crippen LogP contribution in [0.5, 0.6) is 0 Å². The van der Waals surface area contributed by atoms with E-state index in [4.69, 9.17) is 0 Å². The standard InChI is InChI=1S/C24H30N4.BrH/c1-4-23(26-24-21-10-6-5-9-20(21)12-13-25-24)28-16-14-27(15-17-28)22-11-7-8-18(2)19(22)3;/h5-13,23H,4,14-17H2,1-3H3,(H,25,26);1H. The van der Waals surface area contributed by atoms with Crippen molar-refractivity contribution >= 4 is 39.3 Å². The average molecular weight is 455 g/mol. The minimum Gasteiger partial charge on any atom is -0.369 e. The molecular formula is C24H31BrN4. The van der Waals surface area contributed by atoms with Gasteiger partial charge in [-0.1, -0.05) is 43.3 Å². The van der Waals surface area contributed by atoms with E-state index in [1.807, 2.05) is 6.20 Å². The maximum absolute atomic E-state index is 4.63. The van der Waals surface area contributed by atoms with E-state index >= 15 is 0 Å². The van der Waals surface area contributed by atoms with Crippen LogP contribution >= 0.6 is 17.0 Å². The first-order valence-corrected chi connectivity index (χ1v) is 10.3. The van der Waals surface area contributed by atoms with Gasteiger partial charge in [0.15, 0.2) is 0 Å². The van der Waals surface area contributed by atoms with E-state index in [9.17, 15) is 0 Å². The molecule has 2 aromatic carbocycles. The molecule has 1 atom stereocenters. The fraction of sp³-hybridized carbons (Fsp3) is 0.375. The second-order valence-corrected chi connectivity index (χ2v) is 7.69. The van der Waals surface area contributed by atoms with Crippen LogP contribution in [-0.2, 0) is 0 Å². The van der Waals surface area contributed by atoms with Crippen LogP contribution in [0.2, 0.25) is 0 Å². The highest BCUT2D eigenvalue weighted by Gasteiger charge is 2.24. The van der Waals surface area contributed by atoms with Crippen LogP contribution in [0.3, 0.4) is 0 Å². The summed E-state index contributed by atoms with van der Waals surface area (Å²) in [5.74, 6) is 0.988. The summed E-state index contributed by atoms with van der Waals surface area (Å²) in [4.78, 5) is 9.72. The molecule has 0 saturated carbocycles. The normalized spacial score (nSPS) is 15.8. The number of nitrogens with one attached hydrogen (secondary N) is 1. The third kappa shape index (κ3) is 4.57. The van der Waals surface area contributed by atoms with Gasteiger partial charge in [-0.05, 0) is 48.9 Å². The van der Waals surface area contributed by atoms with Crippen molar-refractivity contribution in [2.24, 2.45) is 0 Å². The minimum atomic E-state index is 0. The van der Waals surface area contributed by atoms with Gasteiger partial charge in [-0.25, -0.2) is 4.98 Å². The smallest absolute Gasteiger partial charge is 0.135 e. The molecule has 5 heteroatoms. The number of hydrogen-bond donors (Lipinski definition) is 1. The molecule has 0 bridgehead atoms. The monoisotopic (exact) mass is 454 g/mol. The van der Waals surface area contributed by atoms with Gasteiger partial charge in [-0.15, -0.1) is 17.0 Å². The Bertz CT molecular complexity index is 945. The van der Waals surface area contributed by atoms with Crippen molar-refractivity contribution in [2.75, 3.05) is 36.4 Å². The Balaban J connectivity index is 0.00000240. The van der Waals surface area contributed by atoms with Crippen molar-refractivity contribution in [3.05, 3.63) is 65.9 Å². The second kappa shape index (κ2) is 9.59. The lowest BCUT2D eigenvalue weighted by atomic mass is 10.1. The summed E-state index contributed by atoms with van der Waals surface area (Å²) < 4.78 is 0. The van der Waals surface area contributed by atoms with Crippen molar-refractivity contribution in [2.45, 2.75) is 33.4 Å². The van der Waals surface area contributed by atoms with Gasteiger partial charge in [0.05, 0.1) is 6.17 Å². The number of pyridine rings is 1. The van der Waals surface area contributed by atoms with Crippen LogP contribution in [0, 0.1) is 13.8 Å². The molecule has 1 aromatic heterocycles. The number of rotatable bonds is 5. The molecule has 0 amide bonds. The van der Waals surface area contributed by atoms with Crippen LogP contribution in [0.1, 0.15) is 24.5 Å². The lowest BCUT2D eigenvalue weighted by Crippen LogP contribution is -2.52. The molecule has 1 aliphatic heterocycles. The summed E-state index contributed by atoms with van der Waals surface area (Å²) >= 11 is 0. The number of nitrogens with zero attached hydrogens (tertiary/aromatic N) is 3. The molecule has 29 heavy (non-hydrogen) atoms. The molecule has 3 aromatic rings. The maximum Gasteiger partial charge on any atom is 0.135 e. The Morgan fingerprint density at radius 3 is 2.48 bits per heavy atom. The van der Waals surface area contributed by atoms with E-state index in [1.165, 1.54) is 27.6 Å². The highest BCUT2D eigenvalue weighted by atomic mass is 79.9. The highest BCUT2D eigenvalue weighted by molar-refractivity contribution is 8.93. The third-order valence-corrected chi connectivity index (χ3v) is 6.04. The summed E-state index contributed by atoms with van der Waals surface area (Å²) in [6, 6.07) is 17.2. The van der Waals surface area contributed by atoms with Gasteiger partial charge < -0.3 is 10.2 Å². The largest absolute Gasteiger partial charge is 0.369 e. The Morgan fingerprint density at radius 2 is 1.72 bits per heavy atom. The van der Waals surface area contributed by atoms with E-state index < -0.39 is 0 Å². The zero-order chi connectivity index (χ0) is 19.5. The lowest BCUT2D eigenvalue weighted by Gasteiger charge is -2.41. The zero-order valence-corrected chi connectivity index (χ0v) is 19.3. The molecule has 4 nitrogen and oxygen atoms in total. The topological polar surface area (TPSA) is 31.4 Å². The van der Waals surface area contributed by atoms with Gasteiger partial charge in [0.25, 0.3) is 0 Å². The van der Waals surface area contributed by atoms with Crippen LogP contribution < -0.4 is 10.2 Å².